The lowest BCUT2D eigenvalue weighted by Crippen LogP contribution is -2.45. The molecule has 1 aliphatic heterocycles. The standard InChI is InChI=1S/C17H22N2O5S/c1-10-14(16(20)24-7-8-25-4)15(19-17(21)18-10)12-9-11(22-2)5-6-13(12)23-3/h5-6,9,15H,7-8H2,1-4H3,(H2,18,19,21). The predicted molar refractivity (Wildman–Crippen MR) is 96.0 cm³/mol. The summed E-state index contributed by atoms with van der Waals surface area (Å²) in [5.74, 6) is 1.35. The van der Waals surface area contributed by atoms with E-state index in [2.05, 4.69) is 10.6 Å². The first-order valence-corrected chi connectivity index (χ1v) is 9.07. The molecule has 0 fully saturated rings. The lowest BCUT2D eigenvalue weighted by molar-refractivity contribution is -0.138. The summed E-state index contributed by atoms with van der Waals surface area (Å²) in [6.45, 7) is 1.97. The lowest BCUT2D eigenvalue weighted by atomic mass is 9.94. The summed E-state index contributed by atoms with van der Waals surface area (Å²) in [6, 6.07) is 4.12. The Labute approximate surface area is 151 Å². The maximum absolute atomic E-state index is 12.6. The molecule has 2 amide bonds. The predicted octanol–water partition coefficient (Wildman–Crippen LogP) is 2.24. The number of carbonyl (C=O) groups is 2. The van der Waals surface area contributed by atoms with Crippen LogP contribution in [0, 0.1) is 0 Å². The second-order valence-electron chi connectivity index (χ2n) is 5.31. The fraction of sp³-hybridized carbons (Fsp3) is 0.412. The van der Waals surface area contributed by atoms with Crippen molar-refractivity contribution in [2.24, 2.45) is 0 Å². The minimum absolute atomic E-state index is 0.298. The second-order valence-corrected chi connectivity index (χ2v) is 6.29. The zero-order chi connectivity index (χ0) is 18.4. The summed E-state index contributed by atoms with van der Waals surface area (Å²) in [5, 5.41) is 5.38. The summed E-state index contributed by atoms with van der Waals surface area (Å²) in [4.78, 5) is 24.5. The number of ether oxygens (including phenoxy) is 3. The summed E-state index contributed by atoms with van der Waals surface area (Å²) >= 11 is 1.58. The molecule has 1 aromatic rings. The Kier molecular flexibility index (Phi) is 6.58. The van der Waals surface area contributed by atoms with Crippen LogP contribution in [0.2, 0.25) is 0 Å². The van der Waals surface area contributed by atoms with Crippen molar-refractivity contribution in [1.82, 2.24) is 10.6 Å². The van der Waals surface area contributed by atoms with E-state index in [0.717, 1.165) is 0 Å². The number of benzene rings is 1. The van der Waals surface area contributed by atoms with Gasteiger partial charge in [-0.2, -0.15) is 11.8 Å². The second kappa shape index (κ2) is 8.66. The Hall–Kier alpha value is -2.35. The Morgan fingerprint density at radius 2 is 2.04 bits per heavy atom. The van der Waals surface area contributed by atoms with Crippen molar-refractivity contribution in [2.45, 2.75) is 13.0 Å². The van der Waals surface area contributed by atoms with Crippen LogP contribution in [-0.2, 0) is 9.53 Å². The number of urea groups is 1. The highest BCUT2D eigenvalue weighted by Crippen LogP contribution is 2.35. The number of methoxy groups -OCH3 is 2. The smallest absolute Gasteiger partial charge is 0.338 e. The molecule has 0 aliphatic carbocycles. The van der Waals surface area contributed by atoms with Gasteiger partial charge < -0.3 is 24.8 Å². The average molecular weight is 366 g/mol. The van der Waals surface area contributed by atoms with E-state index in [1.165, 1.54) is 7.11 Å². The third kappa shape index (κ3) is 4.39. The number of carbonyl (C=O) groups excluding carboxylic acids is 2. The van der Waals surface area contributed by atoms with E-state index >= 15 is 0 Å². The molecule has 1 aliphatic rings. The molecule has 2 N–H and O–H groups in total. The molecule has 0 bridgehead atoms. The van der Waals surface area contributed by atoms with Crippen LogP contribution in [0.3, 0.4) is 0 Å². The molecular formula is C17H22N2O5S. The van der Waals surface area contributed by atoms with Gasteiger partial charge in [0.1, 0.15) is 18.1 Å². The molecule has 1 atom stereocenters. The molecule has 136 valence electrons. The Morgan fingerprint density at radius 3 is 2.68 bits per heavy atom. The number of rotatable bonds is 7. The van der Waals surface area contributed by atoms with Crippen molar-refractivity contribution in [3.63, 3.8) is 0 Å². The van der Waals surface area contributed by atoms with Crippen LogP contribution >= 0.6 is 11.8 Å². The molecule has 25 heavy (non-hydrogen) atoms. The van der Waals surface area contributed by atoms with Gasteiger partial charge >= 0.3 is 12.0 Å². The lowest BCUT2D eigenvalue weighted by Gasteiger charge is -2.29. The number of thioether (sulfide) groups is 1. The van der Waals surface area contributed by atoms with E-state index in [4.69, 9.17) is 14.2 Å². The van der Waals surface area contributed by atoms with Crippen molar-refractivity contribution < 1.29 is 23.8 Å². The molecule has 0 radical (unpaired) electrons. The quantitative estimate of drug-likeness (QED) is 0.569. The van der Waals surface area contributed by atoms with Gasteiger partial charge in [-0.05, 0) is 31.4 Å². The van der Waals surface area contributed by atoms with Gasteiger partial charge in [-0.3, -0.25) is 0 Å². The van der Waals surface area contributed by atoms with E-state index in [0.29, 0.717) is 40.7 Å². The molecule has 1 unspecified atom stereocenters. The molecule has 0 aromatic heterocycles. The zero-order valence-corrected chi connectivity index (χ0v) is 15.5. The largest absolute Gasteiger partial charge is 0.497 e. The van der Waals surface area contributed by atoms with Gasteiger partial charge in [0.15, 0.2) is 0 Å². The Bertz CT molecular complexity index is 690. The van der Waals surface area contributed by atoms with Crippen LogP contribution in [0.15, 0.2) is 29.5 Å². The third-order valence-electron chi connectivity index (χ3n) is 3.76. The Morgan fingerprint density at radius 1 is 1.28 bits per heavy atom. The highest BCUT2D eigenvalue weighted by atomic mass is 32.2. The van der Waals surface area contributed by atoms with Crippen molar-refractivity contribution in [2.75, 3.05) is 32.8 Å². The van der Waals surface area contributed by atoms with Gasteiger partial charge in [-0.25, -0.2) is 9.59 Å². The molecule has 0 spiro atoms. The van der Waals surface area contributed by atoms with Gasteiger partial charge in [0.2, 0.25) is 0 Å². The summed E-state index contributed by atoms with van der Waals surface area (Å²) in [5.41, 5.74) is 1.41. The summed E-state index contributed by atoms with van der Waals surface area (Å²) in [7, 11) is 3.08. The summed E-state index contributed by atoms with van der Waals surface area (Å²) < 4.78 is 16.0. The number of hydrogen-bond acceptors (Lipinski definition) is 6. The minimum atomic E-state index is -0.694. The maximum Gasteiger partial charge on any atom is 0.338 e. The highest BCUT2D eigenvalue weighted by Gasteiger charge is 2.34. The molecule has 0 saturated carbocycles. The average Bonchev–Trinajstić information content (AvgIpc) is 2.60. The molecule has 1 heterocycles. The number of amides is 2. The van der Waals surface area contributed by atoms with Crippen LogP contribution in [0.4, 0.5) is 4.79 Å². The maximum atomic E-state index is 12.6. The fourth-order valence-corrected chi connectivity index (χ4v) is 2.81. The Balaban J connectivity index is 2.44. The van der Waals surface area contributed by atoms with Crippen LogP contribution in [0.5, 0.6) is 11.5 Å². The van der Waals surface area contributed by atoms with Crippen LogP contribution in [0.25, 0.3) is 0 Å². The van der Waals surface area contributed by atoms with Gasteiger partial charge in [0.05, 0.1) is 25.8 Å². The SMILES string of the molecule is COc1ccc(OC)c(C2NC(=O)NC(C)=C2C(=O)OCCSC)c1. The number of esters is 1. The first-order chi connectivity index (χ1) is 12.0. The molecule has 7 nitrogen and oxygen atoms in total. The van der Waals surface area contributed by atoms with E-state index in [1.807, 2.05) is 6.26 Å². The van der Waals surface area contributed by atoms with Crippen LogP contribution in [0.1, 0.15) is 18.5 Å². The molecule has 1 aromatic carbocycles. The van der Waals surface area contributed by atoms with Gasteiger partial charge in [-0.1, -0.05) is 0 Å². The van der Waals surface area contributed by atoms with Crippen molar-refractivity contribution in [3.8, 4) is 11.5 Å². The first-order valence-electron chi connectivity index (χ1n) is 7.68. The van der Waals surface area contributed by atoms with Crippen molar-refractivity contribution >= 4 is 23.8 Å². The summed E-state index contributed by atoms with van der Waals surface area (Å²) in [6.07, 6.45) is 1.94. The molecule has 8 heteroatoms. The van der Waals surface area contributed by atoms with E-state index in [9.17, 15) is 9.59 Å². The topological polar surface area (TPSA) is 85.9 Å². The van der Waals surface area contributed by atoms with Gasteiger partial charge in [0, 0.05) is 17.0 Å². The number of allylic oxidation sites excluding steroid dienone is 1. The van der Waals surface area contributed by atoms with Crippen LogP contribution < -0.4 is 20.1 Å². The third-order valence-corrected chi connectivity index (χ3v) is 4.33. The zero-order valence-electron chi connectivity index (χ0n) is 14.7. The minimum Gasteiger partial charge on any atom is -0.497 e. The van der Waals surface area contributed by atoms with Gasteiger partial charge in [-0.15, -0.1) is 0 Å². The van der Waals surface area contributed by atoms with E-state index in [-0.39, 0.29) is 0 Å². The van der Waals surface area contributed by atoms with Gasteiger partial charge in [0.25, 0.3) is 0 Å². The monoisotopic (exact) mass is 366 g/mol. The first kappa shape index (κ1) is 19.0. The molecule has 2 rings (SSSR count). The number of hydrogen-bond donors (Lipinski definition) is 2. The van der Waals surface area contributed by atoms with E-state index < -0.39 is 18.0 Å². The normalized spacial score (nSPS) is 16.8. The van der Waals surface area contributed by atoms with E-state index in [1.54, 1.807) is 44.0 Å². The van der Waals surface area contributed by atoms with Crippen molar-refractivity contribution in [3.05, 3.63) is 35.0 Å². The van der Waals surface area contributed by atoms with Crippen LogP contribution in [-0.4, -0.2) is 44.8 Å². The molecule has 0 saturated heterocycles. The highest BCUT2D eigenvalue weighted by molar-refractivity contribution is 7.98. The van der Waals surface area contributed by atoms with Crippen molar-refractivity contribution in [1.29, 1.82) is 0 Å². The number of nitrogens with one attached hydrogen (secondary N) is 2. The molecular weight excluding hydrogens is 344 g/mol. The fourth-order valence-electron chi connectivity index (χ4n) is 2.56.